The van der Waals surface area contributed by atoms with Gasteiger partial charge in [0.15, 0.2) is 5.82 Å². The molecule has 2 unspecified atom stereocenters. The molecule has 2 aromatic heterocycles. The summed E-state index contributed by atoms with van der Waals surface area (Å²) in [7, 11) is 0.143. The minimum atomic E-state index is -0.448. The van der Waals surface area contributed by atoms with Crippen LogP contribution >= 0.6 is 8.81 Å². The predicted octanol–water partition coefficient (Wildman–Crippen LogP) is 6.02. The van der Waals surface area contributed by atoms with Crippen molar-refractivity contribution in [3.05, 3.63) is 24.0 Å². The fourth-order valence-corrected chi connectivity index (χ4v) is 6.29. The van der Waals surface area contributed by atoms with Crippen LogP contribution < -0.4 is 10.6 Å². The number of nitrogen functional groups attached to an aromatic ring is 1. The maximum atomic E-state index is 11.9. The number of esters is 1. The maximum Gasteiger partial charge on any atom is 0.312 e. The summed E-state index contributed by atoms with van der Waals surface area (Å²) in [5, 5.41) is 1.14. The Kier molecular flexibility index (Phi) is 11.4. The number of nitrogens with zero attached hydrogens (tertiary/aromatic N) is 5. The lowest BCUT2D eigenvalue weighted by molar-refractivity contribution is -0.151. The summed E-state index contributed by atoms with van der Waals surface area (Å²) in [5.74, 6) is 1.86. The average molecular weight is 599 g/mol. The number of aryl methyl sites for hydroxylation is 2. The van der Waals surface area contributed by atoms with Crippen molar-refractivity contribution in [2.45, 2.75) is 85.8 Å². The molecule has 0 radical (unpaired) electrons. The van der Waals surface area contributed by atoms with E-state index >= 15 is 0 Å². The van der Waals surface area contributed by atoms with E-state index in [-0.39, 0.29) is 14.8 Å². The van der Waals surface area contributed by atoms with Crippen LogP contribution in [0.3, 0.4) is 0 Å². The number of ether oxygens (including phenoxy) is 1. The van der Waals surface area contributed by atoms with Crippen molar-refractivity contribution >= 4 is 48.2 Å². The van der Waals surface area contributed by atoms with E-state index in [9.17, 15) is 4.79 Å². The van der Waals surface area contributed by atoms with Crippen molar-refractivity contribution in [1.29, 1.82) is 0 Å². The highest BCUT2D eigenvalue weighted by atomic mass is 31.1. The lowest BCUT2D eigenvalue weighted by Crippen LogP contribution is -2.47. The summed E-state index contributed by atoms with van der Waals surface area (Å²) in [6.07, 6.45) is 5.80. The van der Waals surface area contributed by atoms with Crippen LogP contribution in [-0.4, -0.2) is 76.5 Å². The Morgan fingerprint density at radius 1 is 1.10 bits per heavy atom. The van der Waals surface area contributed by atoms with E-state index in [1.165, 1.54) is 5.69 Å². The molecule has 2 atom stereocenters. The SMILES string of the molecule is CCCCc1nc2c(N)nc3ccc(N4CCN(CC(C)COPCC(=O)OC(C)(C)C)CC4)cc3c2n1CCCC. The van der Waals surface area contributed by atoms with Crippen LogP contribution in [0.4, 0.5) is 11.5 Å². The Labute approximate surface area is 253 Å². The Morgan fingerprint density at radius 2 is 1.83 bits per heavy atom. The molecule has 1 saturated heterocycles. The Balaban J connectivity index is 1.38. The van der Waals surface area contributed by atoms with Crippen LogP contribution in [0.1, 0.15) is 73.1 Å². The first kappa shape index (κ1) is 32.4. The number of pyridine rings is 1. The lowest BCUT2D eigenvalue weighted by Gasteiger charge is -2.37. The van der Waals surface area contributed by atoms with Crippen LogP contribution in [0, 0.1) is 5.92 Å². The zero-order valence-electron chi connectivity index (χ0n) is 26.5. The van der Waals surface area contributed by atoms with E-state index in [0.29, 0.717) is 24.5 Å². The van der Waals surface area contributed by atoms with Crippen molar-refractivity contribution < 1.29 is 14.1 Å². The molecule has 1 fully saturated rings. The van der Waals surface area contributed by atoms with Gasteiger partial charge in [0.2, 0.25) is 0 Å². The van der Waals surface area contributed by atoms with Gasteiger partial charge in [0.05, 0.1) is 23.8 Å². The molecular formula is C32H51N6O3P. The van der Waals surface area contributed by atoms with Gasteiger partial charge in [-0.1, -0.05) is 33.6 Å². The van der Waals surface area contributed by atoms with Gasteiger partial charge in [0.1, 0.15) is 16.9 Å². The van der Waals surface area contributed by atoms with E-state index in [1.54, 1.807) is 0 Å². The van der Waals surface area contributed by atoms with Gasteiger partial charge in [-0.25, -0.2) is 9.97 Å². The molecule has 4 rings (SSSR count). The van der Waals surface area contributed by atoms with Gasteiger partial charge < -0.3 is 24.5 Å². The summed E-state index contributed by atoms with van der Waals surface area (Å²) in [6.45, 7) is 18.9. The number of rotatable bonds is 14. The predicted molar refractivity (Wildman–Crippen MR) is 176 cm³/mol. The Bertz CT molecular complexity index is 1330. The fraction of sp³-hybridized carbons (Fsp3) is 0.656. The molecule has 232 valence electrons. The average Bonchev–Trinajstić information content (AvgIpc) is 3.31. The van der Waals surface area contributed by atoms with Gasteiger partial charge in [-0.3, -0.25) is 9.69 Å². The van der Waals surface area contributed by atoms with Gasteiger partial charge in [0.25, 0.3) is 0 Å². The number of anilines is 2. The first-order valence-corrected chi connectivity index (χ1v) is 16.8. The minimum absolute atomic E-state index is 0.143. The third-order valence-electron chi connectivity index (χ3n) is 7.67. The largest absolute Gasteiger partial charge is 0.460 e. The molecule has 10 heteroatoms. The van der Waals surface area contributed by atoms with Crippen molar-refractivity contribution in [2.24, 2.45) is 5.92 Å². The summed E-state index contributed by atoms with van der Waals surface area (Å²) < 4.78 is 13.6. The number of hydrogen-bond acceptors (Lipinski definition) is 8. The molecule has 9 nitrogen and oxygen atoms in total. The first-order valence-electron chi connectivity index (χ1n) is 15.7. The quantitative estimate of drug-likeness (QED) is 0.137. The smallest absolute Gasteiger partial charge is 0.312 e. The van der Waals surface area contributed by atoms with Gasteiger partial charge >= 0.3 is 5.97 Å². The molecule has 0 spiro atoms. The summed E-state index contributed by atoms with van der Waals surface area (Å²) in [6, 6.07) is 6.60. The van der Waals surface area contributed by atoms with Gasteiger partial charge in [-0.05, 0) is 57.7 Å². The van der Waals surface area contributed by atoms with Crippen molar-refractivity contribution in [3.8, 4) is 0 Å². The van der Waals surface area contributed by atoms with Gasteiger partial charge in [-0.15, -0.1) is 0 Å². The number of aromatic nitrogens is 3. The van der Waals surface area contributed by atoms with E-state index in [4.69, 9.17) is 25.0 Å². The fourth-order valence-electron chi connectivity index (χ4n) is 5.60. The number of carbonyl (C=O) groups is 1. The number of imidazole rings is 1. The molecule has 1 aliphatic heterocycles. The monoisotopic (exact) mass is 598 g/mol. The third-order valence-corrected chi connectivity index (χ3v) is 8.47. The maximum absolute atomic E-state index is 11.9. The highest BCUT2D eigenvalue weighted by Crippen LogP contribution is 2.33. The molecule has 0 saturated carbocycles. The Hall–Kier alpha value is -2.48. The molecule has 1 aliphatic rings. The zero-order chi connectivity index (χ0) is 30.3. The molecule has 0 bridgehead atoms. The molecule has 3 heterocycles. The highest BCUT2D eigenvalue weighted by Gasteiger charge is 2.22. The summed E-state index contributed by atoms with van der Waals surface area (Å²) in [4.78, 5) is 26.6. The summed E-state index contributed by atoms with van der Waals surface area (Å²) >= 11 is 0. The second kappa shape index (κ2) is 14.8. The van der Waals surface area contributed by atoms with Crippen molar-refractivity contribution in [2.75, 3.05) is 56.1 Å². The standard InChI is InChI=1S/C32H51N6O3P/c1-7-9-11-27-35-29-30(38(27)14-10-8-2)25-19-24(12-13-26(25)34-31(29)33)37-17-15-36(16-18-37)20-23(3)21-40-42-22-28(39)41-32(4,5)6/h12-13,19,23,42H,7-11,14-18,20-22H2,1-6H3,(H2,33,34). The minimum Gasteiger partial charge on any atom is -0.460 e. The van der Waals surface area contributed by atoms with Crippen LogP contribution in [0.5, 0.6) is 0 Å². The molecule has 1 aromatic carbocycles. The van der Waals surface area contributed by atoms with Gasteiger partial charge in [-0.2, -0.15) is 0 Å². The molecule has 0 aliphatic carbocycles. The van der Waals surface area contributed by atoms with E-state index in [1.807, 2.05) is 20.8 Å². The number of fused-ring (bicyclic) bond motifs is 3. The Morgan fingerprint density at radius 3 is 2.52 bits per heavy atom. The van der Waals surface area contributed by atoms with Gasteiger partial charge in [0, 0.05) is 65.6 Å². The number of unbranched alkanes of at least 4 members (excludes halogenated alkanes) is 2. The molecular weight excluding hydrogens is 547 g/mol. The number of piperazine rings is 1. The van der Waals surface area contributed by atoms with Crippen molar-refractivity contribution in [1.82, 2.24) is 19.4 Å². The van der Waals surface area contributed by atoms with Crippen LogP contribution in [0.15, 0.2) is 18.2 Å². The number of nitrogens with two attached hydrogens (primary N) is 1. The summed E-state index contributed by atoms with van der Waals surface area (Å²) in [5.41, 5.74) is 10.1. The first-order chi connectivity index (χ1) is 20.1. The molecule has 2 N–H and O–H groups in total. The van der Waals surface area contributed by atoms with E-state index in [2.05, 4.69) is 53.3 Å². The van der Waals surface area contributed by atoms with Crippen LogP contribution in [0.25, 0.3) is 21.9 Å². The molecule has 42 heavy (non-hydrogen) atoms. The van der Waals surface area contributed by atoms with Crippen LogP contribution in [0.2, 0.25) is 0 Å². The number of benzene rings is 1. The normalized spacial score (nSPS) is 15.8. The zero-order valence-corrected chi connectivity index (χ0v) is 27.5. The lowest BCUT2D eigenvalue weighted by atomic mass is 10.1. The van der Waals surface area contributed by atoms with Crippen molar-refractivity contribution in [3.63, 3.8) is 0 Å². The van der Waals surface area contributed by atoms with E-state index < -0.39 is 5.60 Å². The second-order valence-electron chi connectivity index (χ2n) is 12.6. The number of hydrogen-bond donors (Lipinski definition) is 1. The third kappa shape index (κ3) is 8.55. The van der Waals surface area contributed by atoms with E-state index in [0.717, 1.165) is 99.1 Å². The van der Waals surface area contributed by atoms with Crippen LogP contribution in [-0.2, 0) is 27.0 Å². The second-order valence-corrected chi connectivity index (χ2v) is 13.6. The highest BCUT2D eigenvalue weighted by molar-refractivity contribution is 7.33. The number of carbonyl (C=O) groups excluding carboxylic acids is 1. The molecule has 0 amide bonds. The molecule has 3 aromatic rings. The topological polar surface area (TPSA) is 98.7 Å².